The van der Waals surface area contributed by atoms with Crippen molar-refractivity contribution in [2.75, 3.05) is 0 Å². The Morgan fingerprint density at radius 2 is 1.95 bits per heavy atom. The summed E-state index contributed by atoms with van der Waals surface area (Å²) in [6, 6.07) is 13.6. The van der Waals surface area contributed by atoms with Gasteiger partial charge >= 0.3 is 0 Å². The quantitative estimate of drug-likeness (QED) is 0.718. The number of benzene rings is 1. The van der Waals surface area contributed by atoms with Crippen LogP contribution in [0.25, 0.3) is 5.65 Å². The maximum absolute atomic E-state index is 9.05. The van der Waals surface area contributed by atoms with E-state index in [0.29, 0.717) is 5.56 Å². The molecule has 0 N–H and O–H groups in total. The van der Waals surface area contributed by atoms with Gasteiger partial charge in [0.25, 0.3) is 0 Å². The second-order valence-corrected chi connectivity index (χ2v) is 5.14. The Balaban J connectivity index is 1.99. The van der Waals surface area contributed by atoms with E-state index in [9.17, 15) is 0 Å². The van der Waals surface area contributed by atoms with Crippen molar-refractivity contribution < 1.29 is 0 Å². The molecule has 0 aliphatic heterocycles. The lowest BCUT2D eigenvalue weighted by atomic mass is 10.1. The van der Waals surface area contributed by atoms with E-state index >= 15 is 0 Å². The normalized spacial score (nSPS) is 10.7. The zero-order chi connectivity index (χ0) is 14.1. The first kappa shape index (κ1) is 12.7. The molecule has 0 aliphatic carbocycles. The topological polar surface area (TPSA) is 41.1 Å². The number of fused-ring (bicyclic) bond motifs is 1. The van der Waals surface area contributed by atoms with Gasteiger partial charge in [0, 0.05) is 23.3 Å². The maximum atomic E-state index is 9.05. The van der Waals surface area contributed by atoms with Gasteiger partial charge in [-0.25, -0.2) is 4.98 Å². The minimum absolute atomic E-state index is 0.674. The number of hydrogen-bond acceptors (Lipinski definition) is 2. The number of hydrogen-bond donors (Lipinski definition) is 0. The fourth-order valence-corrected chi connectivity index (χ4v) is 2.38. The van der Waals surface area contributed by atoms with E-state index in [0.717, 1.165) is 34.0 Å². The summed E-state index contributed by atoms with van der Waals surface area (Å²) in [5.74, 6) is 0. The number of aryl methyl sites for hydroxylation is 1. The number of rotatable bonds is 2. The lowest BCUT2D eigenvalue weighted by Crippen LogP contribution is -1.93. The summed E-state index contributed by atoms with van der Waals surface area (Å²) in [6.45, 7) is 1.93. The van der Waals surface area contributed by atoms with Gasteiger partial charge in [-0.05, 0) is 36.8 Å². The Labute approximate surface area is 122 Å². The molecule has 0 saturated heterocycles. The Bertz CT molecular complexity index is 810. The van der Waals surface area contributed by atoms with Gasteiger partial charge in [0.2, 0.25) is 0 Å². The van der Waals surface area contributed by atoms with Crippen molar-refractivity contribution in [2.24, 2.45) is 0 Å². The molecule has 0 amide bonds. The van der Waals surface area contributed by atoms with Crippen LogP contribution in [0.5, 0.6) is 0 Å². The summed E-state index contributed by atoms with van der Waals surface area (Å²) in [5, 5.41) is 9.78. The molecule has 0 saturated carbocycles. The van der Waals surface area contributed by atoms with Crippen LogP contribution in [0.15, 0.2) is 42.6 Å². The molecule has 0 radical (unpaired) electrons. The van der Waals surface area contributed by atoms with Crippen molar-refractivity contribution >= 4 is 17.2 Å². The highest BCUT2D eigenvalue weighted by Gasteiger charge is 2.07. The van der Waals surface area contributed by atoms with Gasteiger partial charge in [-0.1, -0.05) is 23.7 Å². The van der Waals surface area contributed by atoms with Crippen LogP contribution >= 0.6 is 11.6 Å². The summed E-state index contributed by atoms with van der Waals surface area (Å²) in [6.07, 6.45) is 2.74. The maximum Gasteiger partial charge on any atom is 0.137 e. The average Bonchev–Trinajstić information content (AvgIpc) is 2.85. The van der Waals surface area contributed by atoms with E-state index in [2.05, 4.69) is 11.1 Å². The third-order valence-electron chi connectivity index (χ3n) is 3.35. The molecule has 0 unspecified atom stereocenters. The van der Waals surface area contributed by atoms with E-state index < -0.39 is 0 Å². The molecule has 1 aromatic carbocycles. The number of aromatic nitrogens is 2. The van der Waals surface area contributed by atoms with E-state index in [-0.39, 0.29) is 0 Å². The standard InChI is InChI=1S/C16H12ClN3/c1-11-13(9-18)4-7-16-19-15(10-20(11)16)8-12-2-5-14(17)6-3-12/h2-7,10H,8H2,1H3. The second kappa shape index (κ2) is 4.99. The van der Waals surface area contributed by atoms with Gasteiger partial charge in [0.1, 0.15) is 11.7 Å². The highest BCUT2D eigenvalue weighted by atomic mass is 35.5. The van der Waals surface area contributed by atoms with Crippen molar-refractivity contribution in [1.82, 2.24) is 9.38 Å². The van der Waals surface area contributed by atoms with Crippen molar-refractivity contribution in [3.8, 4) is 6.07 Å². The fraction of sp³-hybridized carbons (Fsp3) is 0.125. The number of nitrogens with zero attached hydrogens (tertiary/aromatic N) is 3. The van der Waals surface area contributed by atoms with Gasteiger partial charge in [-0.15, -0.1) is 0 Å². The molecule has 2 heterocycles. The third kappa shape index (κ3) is 2.26. The highest BCUT2D eigenvalue weighted by Crippen LogP contribution is 2.16. The summed E-state index contributed by atoms with van der Waals surface area (Å²) < 4.78 is 1.96. The van der Waals surface area contributed by atoms with Crippen LogP contribution in [0, 0.1) is 18.3 Å². The lowest BCUT2D eigenvalue weighted by Gasteiger charge is -2.00. The molecular weight excluding hydrogens is 270 g/mol. The molecule has 3 aromatic rings. The second-order valence-electron chi connectivity index (χ2n) is 4.71. The molecule has 20 heavy (non-hydrogen) atoms. The molecule has 3 rings (SSSR count). The van der Waals surface area contributed by atoms with Crippen LogP contribution in [0.2, 0.25) is 5.02 Å². The number of pyridine rings is 1. The van der Waals surface area contributed by atoms with Gasteiger partial charge in [0.05, 0.1) is 11.3 Å². The predicted octanol–water partition coefficient (Wildman–Crippen LogP) is 3.76. The molecule has 98 valence electrons. The first-order chi connectivity index (χ1) is 9.67. The fourth-order valence-electron chi connectivity index (χ4n) is 2.25. The van der Waals surface area contributed by atoms with Crippen molar-refractivity contribution in [3.05, 3.63) is 70.1 Å². The summed E-state index contributed by atoms with van der Waals surface area (Å²) in [4.78, 5) is 4.59. The molecule has 0 atom stereocenters. The predicted molar refractivity (Wildman–Crippen MR) is 78.9 cm³/mol. The van der Waals surface area contributed by atoms with Gasteiger partial charge < -0.3 is 4.40 Å². The van der Waals surface area contributed by atoms with E-state index in [1.165, 1.54) is 0 Å². The Morgan fingerprint density at radius 1 is 1.20 bits per heavy atom. The average molecular weight is 282 g/mol. The van der Waals surface area contributed by atoms with Crippen LogP contribution < -0.4 is 0 Å². The molecule has 4 heteroatoms. The first-order valence-electron chi connectivity index (χ1n) is 6.29. The molecular formula is C16H12ClN3. The molecule has 2 aromatic heterocycles. The molecule has 0 bridgehead atoms. The number of halogens is 1. The van der Waals surface area contributed by atoms with E-state index in [1.54, 1.807) is 0 Å². The largest absolute Gasteiger partial charge is 0.303 e. The van der Waals surface area contributed by atoms with Crippen LogP contribution in [-0.2, 0) is 6.42 Å². The van der Waals surface area contributed by atoms with Gasteiger partial charge in [0.15, 0.2) is 0 Å². The lowest BCUT2D eigenvalue weighted by molar-refractivity contribution is 1.07. The van der Waals surface area contributed by atoms with Crippen molar-refractivity contribution in [2.45, 2.75) is 13.3 Å². The number of imidazole rings is 1. The van der Waals surface area contributed by atoms with Crippen molar-refractivity contribution in [3.63, 3.8) is 0 Å². The van der Waals surface area contributed by atoms with Crippen LogP contribution in [-0.4, -0.2) is 9.38 Å². The van der Waals surface area contributed by atoms with Gasteiger partial charge in [-0.3, -0.25) is 0 Å². The van der Waals surface area contributed by atoms with Crippen LogP contribution in [0.1, 0.15) is 22.5 Å². The highest BCUT2D eigenvalue weighted by molar-refractivity contribution is 6.30. The summed E-state index contributed by atoms with van der Waals surface area (Å²) in [5.41, 5.74) is 4.60. The molecule has 0 spiro atoms. The Morgan fingerprint density at radius 3 is 2.65 bits per heavy atom. The van der Waals surface area contributed by atoms with Crippen LogP contribution in [0.3, 0.4) is 0 Å². The van der Waals surface area contributed by atoms with E-state index in [1.807, 2.05) is 53.9 Å². The Hall–Kier alpha value is -2.31. The van der Waals surface area contributed by atoms with Crippen LogP contribution in [0.4, 0.5) is 0 Å². The first-order valence-corrected chi connectivity index (χ1v) is 6.67. The Kier molecular flexibility index (Phi) is 3.17. The number of nitriles is 1. The third-order valence-corrected chi connectivity index (χ3v) is 3.60. The minimum atomic E-state index is 0.674. The monoisotopic (exact) mass is 281 g/mol. The summed E-state index contributed by atoms with van der Waals surface area (Å²) >= 11 is 5.88. The zero-order valence-corrected chi connectivity index (χ0v) is 11.7. The minimum Gasteiger partial charge on any atom is -0.303 e. The summed E-state index contributed by atoms with van der Waals surface area (Å²) in [7, 11) is 0. The molecule has 0 aliphatic rings. The van der Waals surface area contributed by atoms with Crippen molar-refractivity contribution in [1.29, 1.82) is 5.26 Å². The van der Waals surface area contributed by atoms with Gasteiger partial charge in [-0.2, -0.15) is 5.26 Å². The van der Waals surface area contributed by atoms with E-state index in [4.69, 9.17) is 16.9 Å². The zero-order valence-electron chi connectivity index (χ0n) is 11.0. The molecule has 0 fully saturated rings. The molecule has 3 nitrogen and oxygen atoms in total. The smallest absolute Gasteiger partial charge is 0.137 e. The SMILES string of the molecule is Cc1c(C#N)ccc2nc(Cc3ccc(Cl)cc3)cn12.